The van der Waals surface area contributed by atoms with Gasteiger partial charge in [-0.15, -0.1) is 0 Å². The highest BCUT2D eigenvalue weighted by atomic mass is 14.9. The standard InChI is InChI=1S/C60H40N2/c1-60(46-25-6-3-7-26-46)54-32-13-12-29-49(54)51-30-16-31-52(58(51)60)56-38-55(61-59(62-56)40-18-4-2-5-19-40)44-23-14-21-41(35-44)42-22-15-24-45(36-42)57-48-28-11-9-20-43(48)37-53-47-27-10-8-17-39(47)33-34-50(53)57/h2-38H,1H3. The first-order chi connectivity index (χ1) is 30.6. The lowest BCUT2D eigenvalue weighted by atomic mass is 9.72. The Labute approximate surface area is 361 Å². The Morgan fingerprint density at radius 2 is 0.919 bits per heavy atom. The molecular weight excluding hydrogens is 749 g/mol. The van der Waals surface area contributed by atoms with Crippen LogP contribution in [0.25, 0.3) is 99.6 Å². The number of hydrogen-bond acceptors (Lipinski definition) is 2. The molecule has 1 heterocycles. The van der Waals surface area contributed by atoms with Crippen LogP contribution in [0.1, 0.15) is 23.6 Å². The number of nitrogens with zero attached hydrogens (tertiary/aromatic N) is 2. The van der Waals surface area contributed by atoms with E-state index in [1.54, 1.807) is 0 Å². The number of benzene rings is 10. The molecule has 11 aromatic rings. The summed E-state index contributed by atoms with van der Waals surface area (Å²) < 4.78 is 0. The van der Waals surface area contributed by atoms with Crippen LogP contribution in [-0.4, -0.2) is 9.97 Å². The topological polar surface area (TPSA) is 25.8 Å². The van der Waals surface area contributed by atoms with E-state index in [4.69, 9.17) is 9.97 Å². The van der Waals surface area contributed by atoms with Gasteiger partial charge in [0.1, 0.15) is 0 Å². The SMILES string of the molecule is CC1(c2ccccc2)c2ccccc2-c2cccc(-c3cc(-c4cccc(-c5cccc(-c6c7ccccc7cc7c6ccc6ccccc67)c5)c4)nc(-c4ccccc4)n3)c21. The fourth-order valence-electron chi connectivity index (χ4n) is 10.2. The second-order valence-electron chi connectivity index (χ2n) is 16.6. The highest BCUT2D eigenvalue weighted by molar-refractivity contribution is 6.20. The molecule has 1 aliphatic rings. The van der Waals surface area contributed by atoms with Crippen LogP contribution in [0.4, 0.5) is 0 Å². The Morgan fingerprint density at radius 3 is 1.74 bits per heavy atom. The van der Waals surface area contributed by atoms with Gasteiger partial charge in [0.25, 0.3) is 0 Å². The molecule has 1 aliphatic carbocycles. The van der Waals surface area contributed by atoms with Crippen LogP contribution in [-0.2, 0) is 5.41 Å². The minimum Gasteiger partial charge on any atom is -0.228 e. The Kier molecular flexibility index (Phi) is 8.33. The van der Waals surface area contributed by atoms with Crippen molar-refractivity contribution in [1.29, 1.82) is 0 Å². The van der Waals surface area contributed by atoms with Crippen LogP contribution in [0.5, 0.6) is 0 Å². The van der Waals surface area contributed by atoms with Gasteiger partial charge in [0.05, 0.1) is 11.4 Å². The van der Waals surface area contributed by atoms with Crippen molar-refractivity contribution < 1.29 is 0 Å². The molecule has 1 unspecified atom stereocenters. The summed E-state index contributed by atoms with van der Waals surface area (Å²) in [5, 5.41) is 7.55. The summed E-state index contributed by atoms with van der Waals surface area (Å²) in [5.41, 5.74) is 15.7. The monoisotopic (exact) mass is 788 g/mol. The lowest BCUT2D eigenvalue weighted by Crippen LogP contribution is -2.23. The van der Waals surface area contributed by atoms with Crippen molar-refractivity contribution in [3.63, 3.8) is 0 Å². The summed E-state index contributed by atoms with van der Waals surface area (Å²) in [5.74, 6) is 0.704. The maximum Gasteiger partial charge on any atom is 0.160 e. The number of rotatable bonds is 6. The van der Waals surface area contributed by atoms with Gasteiger partial charge in [-0.3, -0.25) is 0 Å². The Balaban J connectivity index is 1.02. The molecule has 0 radical (unpaired) electrons. The van der Waals surface area contributed by atoms with Crippen LogP contribution in [0.3, 0.4) is 0 Å². The van der Waals surface area contributed by atoms with E-state index in [1.165, 1.54) is 71.3 Å². The lowest BCUT2D eigenvalue weighted by Gasteiger charge is -2.30. The van der Waals surface area contributed by atoms with Crippen LogP contribution >= 0.6 is 0 Å². The molecule has 0 bridgehead atoms. The van der Waals surface area contributed by atoms with E-state index in [1.807, 2.05) is 6.07 Å². The van der Waals surface area contributed by atoms with Gasteiger partial charge in [-0.1, -0.05) is 200 Å². The zero-order chi connectivity index (χ0) is 41.2. The van der Waals surface area contributed by atoms with Gasteiger partial charge in [-0.05, 0) is 114 Å². The zero-order valence-corrected chi connectivity index (χ0v) is 34.3. The first-order valence-corrected chi connectivity index (χ1v) is 21.4. The molecule has 0 amide bonds. The molecule has 0 N–H and O–H groups in total. The molecule has 0 saturated heterocycles. The van der Waals surface area contributed by atoms with Gasteiger partial charge in [-0.2, -0.15) is 0 Å². The average Bonchev–Trinajstić information content (AvgIpc) is 3.62. The molecule has 1 aromatic heterocycles. The van der Waals surface area contributed by atoms with E-state index in [0.29, 0.717) is 5.82 Å². The van der Waals surface area contributed by atoms with Gasteiger partial charge in [0.15, 0.2) is 5.82 Å². The molecule has 2 nitrogen and oxygen atoms in total. The van der Waals surface area contributed by atoms with Crippen LogP contribution in [0.2, 0.25) is 0 Å². The Hall–Kier alpha value is -7.94. The summed E-state index contributed by atoms with van der Waals surface area (Å²) >= 11 is 0. The van der Waals surface area contributed by atoms with Crippen molar-refractivity contribution in [2.24, 2.45) is 0 Å². The smallest absolute Gasteiger partial charge is 0.160 e. The van der Waals surface area contributed by atoms with Gasteiger partial charge in [0.2, 0.25) is 0 Å². The fraction of sp³-hybridized carbons (Fsp3) is 0.0333. The summed E-state index contributed by atoms with van der Waals surface area (Å²) in [6.45, 7) is 2.37. The third-order valence-electron chi connectivity index (χ3n) is 13.1. The average molecular weight is 789 g/mol. The van der Waals surface area contributed by atoms with Gasteiger partial charge < -0.3 is 0 Å². The van der Waals surface area contributed by atoms with Crippen molar-refractivity contribution in [2.45, 2.75) is 12.3 Å². The number of fused-ring (bicyclic) bond motifs is 7. The quantitative estimate of drug-likeness (QED) is 0.124. The van der Waals surface area contributed by atoms with Crippen molar-refractivity contribution in [1.82, 2.24) is 9.97 Å². The van der Waals surface area contributed by atoms with Crippen LogP contribution in [0, 0.1) is 0 Å². The lowest BCUT2D eigenvalue weighted by molar-refractivity contribution is 0.715. The van der Waals surface area contributed by atoms with Crippen LogP contribution < -0.4 is 0 Å². The Morgan fingerprint density at radius 1 is 0.339 bits per heavy atom. The summed E-state index contributed by atoms with van der Waals surface area (Å²) in [7, 11) is 0. The van der Waals surface area contributed by atoms with Crippen molar-refractivity contribution in [3.8, 4) is 67.3 Å². The second-order valence-corrected chi connectivity index (χ2v) is 16.6. The first-order valence-electron chi connectivity index (χ1n) is 21.4. The van der Waals surface area contributed by atoms with E-state index in [0.717, 1.165) is 39.2 Å². The maximum absolute atomic E-state index is 5.38. The molecule has 62 heavy (non-hydrogen) atoms. The Bertz CT molecular complexity index is 3530. The molecule has 1 atom stereocenters. The van der Waals surface area contributed by atoms with Gasteiger partial charge >= 0.3 is 0 Å². The second kappa shape index (κ2) is 14.4. The summed E-state index contributed by atoms with van der Waals surface area (Å²) in [4.78, 5) is 10.7. The fourth-order valence-corrected chi connectivity index (χ4v) is 10.2. The highest BCUT2D eigenvalue weighted by Crippen LogP contribution is 2.55. The third kappa shape index (κ3) is 5.72. The van der Waals surface area contributed by atoms with E-state index >= 15 is 0 Å². The molecule has 290 valence electrons. The number of aromatic nitrogens is 2. The largest absolute Gasteiger partial charge is 0.228 e. The maximum atomic E-state index is 5.38. The van der Waals surface area contributed by atoms with E-state index in [2.05, 4.69) is 225 Å². The molecule has 0 fully saturated rings. The van der Waals surface area contributed by atoms with Crippen LogP contribution in [0.15, 0.2) is 224 Å². The molecule has 2 heteroatoms. The molecule has 0 aliphatic heterocycles. The minimum absolute atomic E-state index is 0.380. The predicted molar refractivity (Wildman–Crippen MR) is 259 cm³/mol. The minimum atomic E-state index is -0.380. The molecule has 0 spiro atoms. The van der Waals surface area contributed by atoms with Gasteiger partial charge in [0, 0.05) is 22.1 Å². The third-order valence-corrected chi connectivity index (χ3v) is 13.1. The number of hydrogen-bond donors (Lipinski definition) is 0. The normalized spacial score (nSPS) is 14.3. The molecule has 0 saturated carbocycles. The molecular formula is C60H40N2. The van der Waals surface area contributed by atoms with E-state index in [9.17, 15) is 0 Å². The molecule has 10 aromatic carbocycles. The zero-order valence-electron chi connectivity index (χ0n) is 34.3. The van der Waals surface area contributed by atoms with Gasteiger partial charge in [-0.25, -0.2) is 9.97 Å². The van der Waals surface area contributed by atoms with Crippen molar-refractivity contribution in [2.75, 3.05) is 0 Å². The van der Waals surface area contributed by atoms with Crippen molar-refractivity contribution >= 4 is 32.3 Å². The van der Waals surface area contributed by atoms with Crippen molar-refractivity contribution in [3.05, 3.63) is 241 Å². The van der Waals surface area contributed by atoms with E-state index in [-0.39, 0.29) is 5.41 Å². The molecule has 12 rings (SSSR count). The highest BCUT2D eigenvalue weighted by Gasteiger charge is 2.42. The van der Waals surface area contributed by atoms with E-state index < -0.39 is 0 Å². The summed E-state index contributed by atoms with van der Waals surface area (Å²) in [6.07, 6.45) is 0. The predicted octanol–water partition coefficient (Wildman–Crippen LogP) is 15.6. The first kappa shape index (κ1) is 36.0. The summed E-state index contributed by atoms with van der Waals surface area (Å²) in [6, 6.07) is 81.3.